The van der Waals surface area contributed by atoms with Crippen LogP contribution >= 0.6 is 0 Å². The third kappa shape index (κ3) is 2.82. The molecule has 0 spiro atoms. The summed E-state index contributed by atoms with van der Waals surface area (Å²) in [5.41, 5.74) is 1.07. The molecule has 2 aromatic rings. The van der Waals surface area contributed by atoms with Crippen molar-refractivity contribution in [3.05, 3.63) is 24.5 Å². The lowest BCUT2D eigenvalue weighted by Gasteiger charge is -2.15. The average molecular weight is 288 g/mol. The van der Waals surface area contributed by atoms with Crippen LogP contribution in [0.25, 0.3) is 5.65 Å². The molecule has 0 aliphatic heterocycles. The van der Waals surface area contributed by atoms with Crippen molar-refractivity contribution in [1.82, 2.24) is 9.38 Å². The predicted molar refractivity (Wildman–Crippen MR) is 65.3 cm³/mol. The van der Waals surface area contributed by atoms with Crippen molar-refractivity contribution in [1.29, 1.82) is 0 Å². The number of hydroxylamine groups is 1. The molecule has 0 bridgehead atoms. The summed E-state index contributed by atoms with van der Waals surface area (Å²) in [5.74, 6) is -2.24. The van der Waals surface area contributed by atoms with Gasteiger partial charge in [-0.1, -0.05) is 0 Å². The zero-order valence-electron chi connectivity index (χ0n) is 10.6. The van der Waals surface area contributed by atoms with Crippen LogP contribution in [-0.4, -0.2) is 35.6 Å². The number of carbonyl (C=O) groups excluding carboxylic acids is 1. The molecule has 2 heterocycles. The second kappa shape index (κ2) is 5.00. The summed E-state index contributed by atoms with van der Waals surface area (Å²) in [7, 11) is 3.15. The van der Waals surface area contributed by atoms with Gasteiger partial charge in [-0.2, -0.15) is 13.2 Å². The number of hydrogen-bond acceptors (Lipinski definition) is 4. The van der Waals surface area contributed by atoms with E-state index in [1.807, 2.05) is 0 Å². The molecule has 1 amide bonds. The maximum Gasteiger partial charge on any atom is 0.471 e. The third-order valence-electron chi connectivity index (χ3n) is 2.57. The Morgan fingerprint density at radius 1 is 1.40 bits per heavy atom. The van der Waals surface area contributed by atoms with Crippen molar-refractivity contribution in [3.8, 4) is 0 Å². The molecule has 1 N–H and O–H groups in total. The standard InChI is InChI=1S/C11H11F3N4O2/c1-17(20-2)7-3-4-9-15-8(6-18(9)5-7)16-10(19)11(12,13)14/h3-6H,1-2H3,(H,16,19). The van der Waals surface area contributed by atoms with E-state index in [9.17, 15) is 18.0 Å². The van der Waals surface area contributed by atoms with Crippen LogP contribution in [0.5, 0.6) is 0 Å². The molecule has 0 atom stereocenters. The summed E-state index contributed by atoms with van der Waals surface area (Å²) in [6.45, 7) is 0. The number of imidazole rings is 1. The highest BCUT2D eigenvalue weighted by molar-refractivity contribution is 5.94. The van der Waals surface area contributed by atoms with Gasteiger partial charge in [0.05, 0.1) is 19.0 Å². The van der Waals surface area contributed by atoms with Gasteiger partial charge in [-0.15, -0.1) is 0 Å². The molecular formula is C11H11F3N4O2. The highest BCUT2D eigenvalue weighted by atomic mass is 19.4. The van der Waals surface area contributed by atoms with Gasteiger partial charge in [-0.05, 0) is 12.1 Å². The van der Waals surface area contributed by atoms with Gasteiger partial charge in [0.1, 0.15) is 5.65 Å². The van der Waals surface area contributed by atoms with Crippen LogP contribution in [0.4, 0.5) is 24.7 Å². The van der Waals surface area contributed by atoms with Crippen molar-refractivity contribution in [2.24, 2.45) is 0 Å². The number of alkyl halides is 3. The maximum absolute atomic E-state index is 12.1. The topological polar surface area (TPSA) is 58.9 Å². The summed E-state index contributed by atoms with van der Waals surface area (Å²) in [6, 6.07) is 3.27. The number of nitrogens with zero attached hydrogens (tertiary/aromatic N) is 3. The normalized spacial score (nSPS) is 11.7. The molecule has 20 heavy (non-hydrogen) atoms. The van der Waals surface area contributed by atoms with E-state index >= 15 is 0 Å². The maximum atomic E-state index is 12.1. The van der Waals surface area contributed by atoms with E-state index in [1.54, 1.807) is 30.7 Å². The Bertz CT molecular complexity index is 638. The average Bonchev–Trinajstić information content (AvgIpc) is 2.77. The number of carbonyl (C=O) groups is 1. The monoisotopic (exact) mass is 288 g/mol. The smallest absolute Gasteiger partial charge is 0.303 e. The van der Waals surface area contributed by atoms with Crippen LogP contribution in [0.2, 0.25) is 0 Å². The number of nitrogens with one attached hydrogen (secondary N) is 1. The lowest BCUT2D eigenvalue weighted by atomic mass is 10.4. The second-order valence-electron chi connectivity index (χ2n) is 3.91. The van der Waals surface area contributed by atoms with E-state index in [2.05, 4.69) is 4.98 Å². The molecule has 0 aliphatic carbocycles. The first-order chi connectivity index (χ1) is 9.31. The molecule has 0 unspecified atom stereocenters. The molecule has 9 heteroatoms. The molecule has 0 aliphatic rings. The number of aromatic nitrogens is 2. The lowest BCUT2D eigenvalue weighted by Crippen LogP contribution is -2.30. The minimum Gasteiger partial charge on any atom is -0.303 e. The van der Waals surface area contributed by atoms with Crippen LogP contribution in [-0.2, 0) is 9.63 Å². The first-order valence-corrected chi connectivity index (χ1v) is 5.46. The summed E-state index contributed by atoms with van der Waals surface area (Å²) < 4.78 is 37.9. The molecule has 0 radical (unpaired) electrons. The van der Waals surface area contributed by atoms with Crippen LogP contribution < -0.4 is 10.4 Å². The van der Waals surface area contributed by atoms with Gasteiger partial charge in [0.2, 0.25) is 0 Å². The van der Waals surface area contributed by atoms with Gasteiger partial charge in [-0.3, -0.25) is 14.7 Å². The van der Waals surface area contributed by atoms with E-state index in [4.69, 9.17) is 4.84 Å². The molecule has 2 aromatic heterocycles. The van der Waals surface area contributed by atoms with E-state index in [0.717, 1.165) is 0 Å². The Balaban J connectivity index is 2.28. The summed E-state index contributed by atoms with van der Waals surface area (Å²) in [6.07, 6.45) is -2.06. The molecular weight excluding hydrogens is 277 g/mol. The highest BCUT2D eigenvalue weighted by Crippen LogP contribution is 2.20. The third-order valence-corrected chi connectivity index (χ3v) is 2.57. The Morgan fingerprint density at radius 2 is 2.10 bits per heavy atom. The van der Waals surface area contributed by atoms with Gasteiger partial charge in [0.25, 0.3) is 0 Å². The van der Waals surface area contributed by atoms with Gasteiger partial charge >= 0.3 is 12.1 Å². The van der Waals surface area contributed by atoms with E-state index in [-0.39, 0.29) is 5.82 Å². The predicted octanol–water partition coefficient (Wildman–Crippen LogP) is 1.83. The van der Waals surface area contributed by atoms with Crippen LogP contribution in [0.1, 0.15) is 0 Å². The molecule has 0 fully saturated rings. The number of amides is 1. The van der Waals surface area contributed by atoms with Crippen LogP contribution in [0.15, 0.2) is 24.5 Å². The molecule has 0 saturated carbocycles. The fourth-order valence-corrected chi connectivity index (χ4v) is 1.52. The minimum absolute atomic E-state index is 0.176. The van der Waals surface area contributed by atoms with Crippen LogP contribution in [0, 0.1) is 0 Å². The second-order valence-corrected chi connectivity index (χ2v) is 3.91. The Morgan fingerprint density at radius 3 is 2.70 bits per heavy atom. The van der Waals surface area contributed by atoms with Crippen molar-refractivity contribution in [2.75, 3.05) is 24.5 Å². The minimum atomic E-state index is -4.95. The van der Waals surface area contributed by atoms with Crippen LogP contribution in [0.3, 0.4) is 0 Å². The molecule has 6 nitrogen and oxygen atoms in total. The molecule has 0 saturated heterocycles. The number of rotatable bonds is 3. The Hall–Kier alpha value is -2.29. The summed E-state index contributed by atoms with van der Waals surface area (Å²) in [4.78, 5) is 19.7. The molecule has 2 rings (SSSR count). The van der Waals surface area contributed by atoms with Crippen molar-refractivity contribution in [2.45, 2.75) is 6.18 Å². The summed E-state index contributed by atoms with van der Waals surface area (Å²) in [5, 5.41) is 3.16. The molecule has 0 aromatic carbocycles. The van der Waals surface area contributed by atoms with Crippen molar-refractivity contribution >= 4 is 23.1 Å². The quantitative estimate of drug-likeness (QED) is 0.875. The summed E-state index contributed by atoms with van der Waals surface area (Å²) >= 11 is 0. The van der Waals surface area contributed by atoms with Crippen molar-refractivity contribution in [3.63, 3.8) is 0 Å². The number of halogens is 3. The number of anilines is 2. The van der Waals surface area contributed by atoms with Gasteiger partial charge < -0.3 is 9.72 Å². The largest absolute Gasteiger partial charge is 0.471 e. The number of pyridine rings is 1. The van der Waals surface area contributed by atoms with Gasteiger partial charge in [-0.25, -0.2) is 4.98 Å². The first kappa shape index (κ1) is 14.1. The van der Waals surface area contributed by atoms with E-state index < -0.39 is 12.1 Å². The van der Waals surface area contributed by atoms with Crippen molar-refractivity contribution < 1.29 is 22.8 Å². The number of fused-ring (bicyclic) bond motifs is 1. The molecule has 108 valence electrons. The highest BCUT2D eigenvalue weighted by Gasteiger charge is 2.39. The Labute approximate surface area is 111 Å². The van der Waals surface area contributed by atoms with E-state index in [1.165, 1.54) is 22.8 Å². The van der Waals surface area contributed by atoms with Gasteiger partial charge in [0.15, 0.2) is 5.82 Å². The first-order valence-electron chi connectivity index (χ1n) is 5.46. The number of hydrogen-bond donors (Lipinski definition) is 1. The van der Waals surface area contributed by atoms with E-state index in [0.29, 0.717) is 11.3 Å². The Kier molecular flexibility index (Phi) is 3.53. The SMILES string of the molecule is CON(C)c1ccc2nc(NC(=O)C(F)(F)F)cn2c1. The zero-order chi connectivity index (χ0) is 14.9. The van der Waals surface area contributed by atoms with Gasteiger partial charge in [0, 0.05) is 13.2 Å². The lowest BCUT2D eigenvalue weighted by molar-refractivity contribution is -0.167. The fourth-order valence-electron chi connectivity index (χ4n) is 1.52. The fraction of sp³-hybridized carbons (Fsp3) is 0.273. The zero-order valence-corrected chi connectivity index (χ0v) is 10.6.